The molecule has 0 saturated heterocycles. The second-order valence-electron chi connectivity index (χ2n) is 7.96. The summed E-state index contributed by atoms with van der Waals surface area (Å²) in [5, 5.41) is 8.56. The maximum Gasteiger partial charge on any atom is 0.133 e. The van der Waals surface area contributed by atoms with Crippen molar-refractivity contribution < 1.29 is 4.74 Å². The van der Waals surface area contributed by atoms with Gasteiger partial charge in [0.15, 0.2) is 0 Å². The highest BCUT2D eigenvalue weighted by Crippen LogP contribution is 2.24. The van der Waals surface area contributed by atoms with E-state index in [4.69, 9.17) is 4.74 Å². The van der Waals surface area contributed by atoms with Gasteiger partial charge < -0.3 is 13.9 Å². The molecular weight excluding hydrogens is 364 g/mol. The number of hydrogen-bond donors (Lipinski definition) is 0. The highest BCUT2D eigenvalue weighted by atomic mass is 16.5. The van der Waals surface area contributed by atoms with Crippen LogP contribution in [0.4, 0.5) is 0 Å². The molecule has 1 aliphatic heterocycles. The smallest absolute Gasteiger partial charge is 0.133 e. The first kappa shape index (κ1) is 19.6. The van der Waals surface area contributed by atoms with Crippen molar-refractivity contribution in [3.05, 3.63) is 59.2 Å². The SMILES string of the molecule is COc1ccc(CN(C)C2CCc3nnc(C)n3CC2)cc1Cn1ccnc1C. The van der Waals surface area contributed by atoms with Crippen LogP contribution in [-0.4, -0.2) is 49.4 Å². The molecule has 1 aromatic carbocycles. The van der Waals surface area contributed by atoms with Crippen LogP contribution in [-0.2, 0) is 26.1 Å². The fourth-order valence-corrected chi connectivity index (χ4v) is 4.28. The van der Waals surface area contributed by atoms with Crippen LogP contribution in [0.5, 0.6) is 5.75 Å². The Labute approximate surface area is 172 Å². The van der Waals surface area contributed by atoms with Gasteiger partial charge in [0.25, 0.3) is 0 Å². The molecule has 0 radical (unpaired) electrons. The number of benzene rings is 1. The van der Waals surface area contributed by atoms with Gasteiger partial charge in [-0.25, -0.2) is 4.98 Å². The predicted octanol–water partition coefficient (Wildman–Crippen LogP) is 2.99. The summed E-state index contributed by atoms with van der Waals surface area (Å²) < 4.78 is 10.0. The van der Waals surface area contributed by atoms with Crippen LogP contribution >= 0.6 is 0 Å². The van der Waals surface area contributed by atoms with Gasteiger partial charge in [-0.3, -0.25) is 4.90 Å². The lowest BCUT2D eigenvalue weighted by atomic mass is 10.0. The molecule has 4 rings (SSSR count). The zero-order valence-corrected chi connectivity index (χ0v) is 17.8. The fraction of sp³-hybridized carbons (Fsp3) is 0.500. The zero-order chi connectivity index (χ0) is 20.4. The molecule has 7 heteroatoms. The molecule has 3 aromatic rings. The lowest BCUT2D eigenvalue weighted by molar-refractivity contribution is 0.210. The Balaban J connectivity index is 1.46. The summed E-state index contributed by atoms with van der Waals surface area (Å²) in [6.45, 7) is 6.75. The molecule has 0 fully saturated rings. The Kier molecular flexibility index (Phi) is 5.67. The predicted molar refractivity (Wildman–Crippen MR) is 112 cm³/mol. The number of ether oxygens (including phenoxy) is 1. The first-order chi connectivity index (χ1) is 14.0. The summed E-state index contributed by atoms with van der Waals surface area (Å²) in [6, 6.07) is 7.07. The third-order valence-corrected chi connectivity index (χ3v) is 6.06. The van der Waals surface area contributed by atoms with Gasteiger partial charge in [-0.05, 0) is 51.4 Å². The third kappa shape index (κ3) is 4.19. The van der Waals surface area contributed by atoms with Crippen molar-refractivity contribution in [3.8, 4) is 5.75 Å². The Morgan fingerprint density at radius 1 is 1.17 bits per heavy atom. The molecule has 1 aliphatic rings. The monoisotopic (exact) mass is 394 g/mol. The van der Waals surface area contributed by atoms with Crippen LogP contribution < -0.4 is 4.74 Å². The first-order valence-electron chi connectivity index (χ1n) is 10.3. The fourth-order valence-electron chi connectivity index (χ4n) is 4.28. The first-order valence-corrected chi connectivity index (χ1v) is 10.3. The summed E-state index contributed by atoms with van der Waals surface area (Å²) in [6.07, 6.45) is 7.09. The minimum Gasteiger partial charge on any atom is -0.496 e. The van der Waals surface area contributed by atoms with Crippen molar-refractivity contribution in [2.24, 2.45) is 0 Å². The van der Waals surface area contributed by atoms with E-state index < -0.39 is 0 Å². The van der Waals surface area contributed by atoms with Crippen LogP contribution in [0.3, 0.4) is 0 Å². The standard InChI is InChI=1S/C22H30N6O/c1-16-23-10-12-27(16)15-19-13-18(5-7-21(19)29-4)14-26(3)20-6-8-22-25-24-17(2)28(22)11-9-20/h5,7,10,12-13,20H,6,8-9,11,14-15H2,1-4H3. The number of imidazole rings is 1. The molecule has 0 spiro atoms. The van der Waals surface area contributed by atoms with Gasteiger partial charge in [0.05, 0.1) is 13.7 Å². The molecule has 0 bridgehead atoms. The number of aromatic nitrogens is 5. The minimum atomic E-state index is 0.539. The van der Waals surface area contributed by atoms with E-state index >= 15 is 0 Å². The molecule has 154 valence electrons. The normalized spacial score (nSPS) is 16.7. The third-order valence-electron chi connectivity index (χ3n) is 6.06. The zero-order valence-electron chi connectivity index (χ0n) is 17.8. The quantitative estimate of drug-likeness (QED) is 0.643. The second-order valence-corrected chi connectivity index (χ2v) is 7.96. The van der Waals surface area contributed by atoms with E-state index in [0.29, 0.717) is 6.04 Å². The molecule has 2 aromatic heterocycles. The number of aryl methyl sites for hydroxylation is 3. The topological polar surface area (TPSA) is 61.0 Å². The average molecular weight is 395 g/mol. The van der Waals surface area contributed by atoms with Crippen molar-refractivity contribution in [1.82, 2.24) is 29.2 Å². The molecule has 0 amide bonds. The van der Waals surface area contributed by atoms with Gasteiger partial charge in [-0.2, -0.15) is 0 Å². The maximum absolute atomic E-state index is 5.60. The van der Waals surface area contributed by atoms with Crippen molar-refractivity contribution in [1.29, 1.82) is 0 Å². The van der Waals surface area contributed by atoms with Crippen molar-refractivity contribution in [3.63, 3.8) is 0 Å². The van der Waals surface area contributed by atoms with Gasteiger partial charge in [0.2, 0.25) is 0 Å². The largest absolute Gasteiger partial charge is 0.496 e. The van der Waals surface area contributed by atoms with Crippen LogP contribution in [0.1, 0.15) is 41.4 Å². The minimum absolute atomic E-state index is 0.539. The van der Waals surface area contributed by atoms with Crippen molar-refractivity contribution in [2.75, 3.05) is 14.2 Å². The Morgan fingerprint density at radius 3 is 2.79 bits per heavy atom. The summed E-state index contributed by atoms with van der Waals surface area (Å²) in [5.74, 6) is 4.08. The molecule has 0 saturated carbocycles. The van der Waals surface area contributed by atoms with E-state index in [2.05, 4.69) is 54.5 Å². The van der Waals surface area contributed by atoms with E-state index in [9.17, 15) is 0 Å². The number of nitrogens with zero attached hydrogens (tertiary/aromatic N) is 6. The number of rotatable bonds is 6. The molecule has 3 heterocycles. The van der Waals surface area contributed by atoms with Crippen LogP contribution in [0.15, 0.2) is 30.6 Å². The van der Waals surface area contributed by atoms with E-state index in [0.717, 1.165) is 62.1 Å². The van der Waals surface area contributed by atoms with Crippen molar-refractivity contribution >= 4 is 0 Å². The van der Waals surface area contributed by atoms with E-state index in [-0.39, 0.29) is 0 Å². The maximum atomic E-state index is 5.60. The van der Waals surface area contributed by atoms with Gasteiger partial charge >= 0.3 is 0 Å². The van der Waals surface area contributed by atoms with Gasteiger partial charge in [0, 0.05) is 43.5 Å². The van der Waals surface area contributed by atoms with Crippen LogP contribution in [0, 0.1) is 13.8 Å². The molecule has 1 atom stereocenters. The van der Waals surface area contributed by atoms with Crippen LogP contribution in [0.2, 0.25) is 0 Å². The highest BCUT2D eigenvalue weighted by Gasteiger charge is 2.22. The lowest BCUT2D eigenvalue weighted by Crippen LogP contribution is -2.31. The summed E-state index contributed by atoms with van der Waals surface area (Å²) >= 11 is 0. The van der Waals surface area contributed by atoms with E-state index in [1.54, 1.807) is 7.11 Å². The Morgan fingerprint density at radius 2 is 2.03 bits per heavy atom. The van der Waals surface area contributed by atoms with Gasteiger partial charge in [-0.15, -0.1) is 10.2 Å². The number of hydrogen-bond acceptors (Lipinski definition) is 5. The Bertz CT molecular complexity index is 976. The lowest BCUT2D eigenvalue weighted by Gasteiger charge is -2.27. The summed E-state index contributed by atoms with van der Waals surface area (Å²) in [4.78, 5) is 6.81. The van der Waals surface area contributed by atoms with Gasteiger partial charge in [-0.1, -0.05) is 6.07 Å². The molecule has 7 nitrogen and oxygen atoms in total. The summed E-state index contributed by atoms with van der Waals surface area (Å²) in [7, 11) is 3.96. The van der Waals surface area contributed by atoms with E-state index in [1.807, 2.05) is 26.2 Å². The van der Waals surface area contributed by atoms with Gasteiger partial charge in [0.1, 0.15) is 23.2 Å². The molecular formula is C22H30N6O. The Hall–Kier alpha value is -2.67. The average Bonchev–Trinajstić information content (AvgIpc) is 3.19. The molecule has 0 N–H and O–H groups in total. The highest BCUT2D eigenvalue weighted by molar-refractivity contribution is 5.37. The molecule has 29 heavy (non-hydrogen) atoms. The van der Waals surface area contributed by atoms with Crippen LogP contribution in [0.25, 0.3) is 0 Å². The van der Waals surface area contributed by atoms with Crippen molar-refractivity contribution in [2.45, 2.75) is 58.8 Å². The number of methoxy groups -OCH3 is 1. The second kappa shape index (κ2) is 8.37. The van der Waals surface area contributed by atoms with E-state index in [1.165, 1.54) is 11.1 Å². The number of fused-ring (bicyclic) bond motifs is 1. The summed E-state index contributed by atoms with van der Waals surface area (Å²) in [5.41, 5.74) is 2.49. The molecule has 0 aliphatic carbocycles. The molecule has 1 unspecified atom stereocenters.